The maximum Gasteiger partial charge on any atom is 0.224 e. The Morgan fingerprint density at radius 3 is 2.88 bits per heavy atom. The Kier molecular flexibility index (Phi) is 2.57. The van der Waals surface area contributed by atoms with Gasteiger partial charge in [0.25, 0.3) is 0 Å². The number of hydrogen-bond donors (Lipinski definition) is 0. The number of nitrogens with zero attached hydrogens (tertiary/aromatic N) is 4. The minimum atomic E-state index is 0.209. The number of fused-ring (bicyclic) bond motifs is 1. The molecule has 0 aliphatic rings. The van der Waals surface area contributed by atoms with Crippen LogP contribution >= 0.6 is 27.5 Å². The molecule has 3 aromatic rings. The van der Waals surface area contributed by atoms with Gasteiger partial charge in [-0.1, -0.05) is 12.1 Å². The molecule has 1 aromatic carbocycles. The first-order valence-corrected chi connectivity index (χ1v) is 6.03. The molecular formula is C11H6BrClN4. The van der Waals surface area contributed by atoms with Crippen molar-refractivity contribution in [3.8, 4) is 5.82 Å². The zero-order valence-corrected chi connectivity index (χ0v) is 10.9. The second-order valence-electron chi connectivity index (χ2n) is 3.41. The van der Waals surface area contributed by atoms with Gasteiger partial charge in [-0.2, -0.15) is 4.98 Å². The summed E-state index contributed by atoms with van der Waals surface area (Å²) in [5, 5.41) is 0.209. The molecule has 0 N–H and O–H groups in total. The number of para-hydroxylation sites is 2. The summed E-state index contributed by atoms with van der Waals surface area (Å²) in [6.07, 6.45) is 3.34. The van der Waals surface area contributed by atoms with Crippen molar-refractivity contribution >= 4 is 38.6 Å². The van der Waals surface area contributed by atoms with Gasteiger partial charge in [0, 0.05) is 6.20 Å². The second kappa shape index (κ2) is 4.09. The highest BCUT2D eigenvalue weighted by molar-refractivity contribution is 9.10. The van der Waals surface area contributed by atoms with Crippen LogP contribution in [0.25, 0.3) is 16.9 Å². The van der Waals surface area contributed by atoms with Crippen molar-refractivity contribution in [1.29, 1.82) is 0 Å². The minimum absolute atomic E-state index is 0.209. The van der Waals surface area contributed by atoms with Gasteiger partial charge in [0.15, 0.2) is 5.82 Å². The van der Waals surface area contributed by atoms with Crippen LogP contribution in [0, 0.1) is 0 Å². The first-order valence-electron chi connectivity index (χ1n) is 4.86. The third-order valence-corrected chi connectivity index (χ3v) is 3.12. The van der Waals surface area contributed by atoms with E-state index in [1.807, 2.05) is 28.8 Å². The van der Waals surface area contributed by atoms with Crippen molar-refractivity contribution in [3.05, 3.63) is 46.5 Å². The maximum atomic E-state index is 5.81. The summed E-state index contributed by atoms with van der Waals surface area (Å²) in [7, 11) is 0. The van der Waals surface area contributed by atoms with Crippen LogP contribution in [0.4, 0.5) is 0 Å². The summed E-state index contributed by atoms with van der Waals surface area (Å²) in [5.41, 5.74) is 1.89. The Bertz CT molecular complexity index is 695. The summed E-state index contributed by atoms with van der Waals surface area (Å²) < 4.78 is 2.64. The highest BCUT2D eigenvalue weighted by Crippen LogP contribution is 2.23. The predicted octanol–water partition coefficient (Wildman–Crippen LogP) is 3.23. The van der Waals surface area contributed by atoms with E-state index in [4.69, 9.17) is 11.6 Å². The van der Waals surface area contributed by atoms with Crippen LogP contribution in [-0.2, 0) is 0 Å². The van der Waals surface area contributed by atoms with Gasteiger partial charge in [0.05, 0.1) is 15.5 Å². The molecule has 0 spiro atoms. The van der Waals surface area contributed by atoms with E-state index in [2.05, 4.69) is 30.9 Å². The molecule has 4 nitrogen and oxygen atoms in total. The average molecular weight is 310 g/mol. The first kappa shape index (κ1) is 10.7. The molecule has 0 radical (unpaired) electrons. The molecule has 3 rings (SSSR count). The smallest absolute Gasteiger partial charge is 0.224 e. The number of rotatable bonds is 1. The molecule has 84 valence electrons. The van der Waals surface area contributed by atoms with Gasteiger partial charge in [-0.15, -0.1) is 0 Å². The molecule has 2 heterocycles. The summed E-state index contributed by atoms with van der Waals surface area (Å²) in [4.78, 5) is 12.4. The van der Waals surface area contributed by atoms with E-state index in [1.165, 1.54) is 0 Å². The van der Waals surface area contributed by atoms with E-state index < -0.39 is 0 Å². The highest BCUT2D eigenvalue weighted by atomic mass is 79.9. The summed E-state index contributed by atoms with van der Waals surface area (Å²) in [6, 6.07) is 7.83. The Morgan fingerprint density at radius 2 is 2.00 bits per heavy atom. The molecule has 0 saturated carbocycles. The fourth-order valence-corrected chi connectivity index (χ4v) is 2.15. The lowest BCUT2D eigenvalue weighted by atomic mass is 10.3. The first-order chi connectivity index (χ1) is 8.25. The molecule has 0 aliphatic carbocycles. The van der Waals surface area contributed by atoms with Crippen molar-refractivity contribution in [2.75, 3.05) is 0 Å². The monoisotopic (exact) mass is 308 g/mol. The lowest BCUT2D eigenvalue weighted by Gasteiger charge is -2.05. The van der Waals surface area contributed by atoms with Gasteiger partial charge in [-0.25, -0.2) is 9.97 Å². The number of benzene rings is 1. The lowest BCUT2D eigenvalue weighted by Crippen LogP contribution is -1.98. The van der Waals surface area contributed by atoms with Crippen molar-refractivity contribution in [2.24, 2.45) is 0 Å². The predicted molar refractivity (Wildman–Crippen MR) is 69.4 cm³/mol. The number of aromatic nitrogens is 4. The molecule has 0 fully saturated rings. The summed E-state index contributed by atoms with van der Waals surface area (Å²) in [5.74, 6) is 0.679. The quantitative estimate of drug-likeness (QED) is 0.648. The van der Waals surface area contributed by atoms with Gasteiger partial charge < -0.3 is 0 Å². The molecule has 0 saturated heterocycles. The van der Waals surface area contributed by atoms with Crippen LogP contribution in [0.3, 0.4) is 0 Å². The van der Waals surface area contributed by atoms with E-state index in [0.29, 0.717) is 5.82 Å². The topological polar surface area (TPSA) is 43.6 Å². The van der Waals surface area contributed by atoms with Crippen LogP contribution in [0.15, 0.2) is 41.3 Å². The fourth-order valence-electron chi connectivity index (χ4n) is 1.63. The van der Waals surface area contributed by atoms with Crippen LogP contribution < -0.4 is 0 Å². The molecule has 0 atom stereocenters. The molecule has 0 bridgehead atoms. The third kappa shape index (κ3) is 1.81. The Morgan fingerprint density at radius 1 is 1.18 bits per heavy atom. The normalized spacial score (nSPS) is 10.9. The number of imidazole rings is 1. The Labute approximate surface area is 110 Å². The fraction of sp³-hybridized carbons (Fsp3) is 0. The van der Waals surface area contributed by atoms with E-state index >= 15 is 0 Å². The lowest BCUT2D eigenvalue weighted by molar-refractivity contribution is 0.984. The van der Waals surface area contributed by atoms with E-state index in [9.17, 15) is 0 Å². The summed E-state index contributed by atoms with van der Waals surface area (Å²) >= 11 is 9.21. The molecule has 0 unspecified atom stereocenters. The zero-order chi connectivity index (χ0) is 11.8. The SMILES string of the molecule is Clc1ncc(Br)c(-n2cnc3ccccc32)n1. The van der Waals surface area contributed by atoms with Crippen molar-refractivity contribution in [2.45, 2.75) is 0 Å². The number of hydrogen-bond acceptors (Lipinski definition) is 3. The maximum absolute atomic E-state index is 5.81. The second-order valence-corrected chi connectivity index (χ2v) is 4.61. The third-order valence-electron chi connectivity index (χ3n) is 2.38. The molecule has 0 aliphatic heterocycles. The molecule has 17 heavy (non-hydrogen) atoms. The molecule has 2 aromatic heterocycles. The highest BCUT2D eigenvalue weighted by Gasteiger charge is 2.09. The van der Waals surface area contributed by atoms with Crippen molar-refractivity contribution in [1.82, 2.24) is 19.5 Å². The number of halogens is 2. The molecule has 0 amide bonds. The molecular weight excluding hydrogens is 304 g/mol. The van der Waals surface area contributed by atoms with Gasteiger partial charge >= 0.3 is 0 Å². The standard InChI is InChI=1S/C11H6BrClN4/c12-7-5-14-11(13)16-10(7)17-6-15-8-3-1-2-4-9(8)17/h1-6H. The van der Waals surface area contributed by atoms with Gasteiger partial charge in [-0.05, 0) is 39.7 Å². The van der Waals surface area contributed by atoms with Crippen LogP contribution in [-0.4, -0.2) is 19.5 Å². The van der Waals surface area contributed by atoms with Crippen LogP contribution in [0.5, 0.6) is 0 Å². The minimum Gasteiger partial charge on any atom is -0.282 e. The van der Waals surface area contributed by atoms with E-state index in [1.54, 1.807) is 12.5 Å². The largest absolute Gasteiger partial charge is 0.282 e. The van der Waals surface area contributed by atoms with Gasteiger partial charge in [0.2, 0.25) is 5.28 Å². The van der Waals surface area contributed by atoms with E-state index in [-0.39, 0.29) is 5.28 Å². The zero-order valence-electron chi connectivity index (χ0n) is 8.51. The van der Waals surface area contributed by atoms with Crippen LogP contribution in [0.1, 0.15) is 0 Å². The Hall–Kier alpha value is -1.46. The van der Waals surface area contributed by atoms with Gasteiger partial charge in [-0.3, -0.25) is 4.57 Å². The van der Waals surface area contributed by atoms with Crippen molar-refractivity contribution in [3.63, 3.8) is 0 Å². The van der Waals surface area contributed by atoms with Crippen LogP contribution in [0.2, 0.25) is 5.28 Å². The Balaban J connectivity index is 2.31. The van der Waals surface area contributed by atoms with Gasteiger partial charge in [0.1, 0.15) is 6.33 Å². The van der Waals surface area contributed by atoms with Crippen molar-refractivity contribution < 1.29 is 0 Å². The molecule has 6 heteroatoms. The average Bonchev–Trinajstić information content (AvgIpc) is 2.76. The summed E-state index contributed by atoms with van der Waals surface area (Å²) in [6.45, 7) is 0. The van der Waals surface area contributed by atoms with E-state index in [0.717, 1.165) is 15.5 Å².